The molecule has 1 amide bonds. The van der Waals surface area contributed by atoms with Gasteiger partial charge in [0.15, 0.2) is 6.23 Å². The van der Waals surface area contributed by atoms with E-state index in [0.29, 0.717) is 0 Å². The second-order valence-electron chi connectivity index (χ2n) is 2.47. The SMILES string of the molecule is O=C1NNC(c2ccccc2)O1. The van der Waals surface area contributed by atoms with E-state index in [1.807, 2.05) is 30.3 Å². The molecule has 0 aromatic heterocycles. The Morgan fingerprint density at radius 2 is 2.00 bits per heavy atom. The standard InChI is InChI=1S/C8H8N2O2/c11-8-10-9-7(12-8)6-4-2-1-3-5-6/h1-5,7,9H,(H,10,11). The smallest absolute Gasteiger partial charge is 0.423 e. The lowest BCUT2D eigenvalue weighted by Crippen LogP contribution is -2.26. The van der Waals surface area contributed by atoms with Crippen LogP contribution in [0.5, 0.6) is 0 Å². The summed E-state index contributed by atoms with van der Waals surface area (Å²) in [6, 6.07) is 9.47. The number of hydrogen-bond donors (Lipinski definition) is 2. The molecule has 1 atom stereocenters. The summed E-state index contributed by atoms with van der Waals surface area (Å²) < 4.78 is 4.89. The average molecular weight is 164 g/mol. The van der Waals surface area contributed by atoms with Gasteiger partial charge in [0.2, 0.25) is 0 Å². The van der Waals surface area contributed by atoms with Gasteiger partial charge in [0.05, 0.1) is 0 Å². The molecule has 1 unspecified atom stereocenters. The fourth-order valence-electron chi connectivity index (χ4n) is 1.07. The van der Waals surface area contributed by atoms with Crippen molar-refractivity contribution in [3.8, 4) is 0 Å². The number of benzene rings is 1. The van der Waals surface area contributed by atoms with Gasteiger partial charge >= 0.3 is 6.09 Å². The van der Waals surface area contributed by atoms with Crippen molar-refractivity contribution in [2.45, 2.75) is 6.23 Å². The monoisotopic (exact) mass is 164 g/mol. The lowest BCUT2D eigenvalue weighted by Gasteiger charge is -2.06. The molecule has 0 spiro atoms. The van der Waals surface area contributed by atoms with Crippen molar-refractivity contribution in [3.63, 3.8) is 0 Å². The number of cyclic esters (lactones) is 1. The lowest BCUT2D eigenvalue weighted by molar-refractivity contribution is 0.130. The van der Waals surface area contributed by atoms with Crippen LogP contribution in [0.2, 0.25) is 0 Å². The highest BCUT2D eigenvalue weighted by molar-refractivity contribution is 5.68. The third kappa shape index (κ3) is 1.24. The summed E-state index contributed by atoms with van der Waals surface area (Å²) in [6.07, 6.45) is -0.803. The van der Waals surface area contributed by atoms with Crippen molar-refractivity contribution < 1.29 is 9.53 Å². The topological polar surface area (TPSA) is 50.4 Å². The second kappa shape index (κ2) is 2.83. The maximum Gasteiger partial charge on any atom is 0.423 e. The highest BCUT2D eigenvalue weighted by Crippen LogP contribution is 2.15. The third-order valence-corrected chi connectivity index (χ3v) is 1.63. The van der Waals surface area contributed by atoms with Gasteiger partial charge < -0.3 is 4.74 Å². The number of amides is 1. The Balaban J connectivity index is 2.16. The molecule has 1 aliphatic heterocycles. The van der Waals surface area contributed by atoms with Crippen LogP contribution < -0.4 is 10.9 Å². The van der Waals surface area contributed by atoms with Crippen molar-refractivity contribution in [2.75, 3.05) is 0 Å². The van der Waals surface area contributed by atoms with Gasteiger partial charge in [0, 0.05) is 5.56 Å². The summed E-state index contributed by atoms with van der Waals surface area (Å²) in [5, 5.41) is 0. The lowest BCUT2D eigenvalue weighted by atomic mass is 10.2. The summed E-state index contributed by atoms with van der Waals surface area (Å²) in [6.45, 7) is 0. The molecule has 4 heteroatoms. The molecule has 1 saturated heterocycles. The van der Waals surface area contributed by atoms with Crippen LogP contribution in [0.25, 0.3) is 0 Å². The molecular weight excluding hydrogens is 156 g/mol. The minimum Gasteiger partial charge on any atom is -0.423 e. The van der Waals surface area contributed by atoms with Crippen LogP contribution >= 0.6 is 0 Å². The van der Waals surface area contributed by atoms with E-state index in [1.165, 1.54) is 0 Å². The molecule has 1 aromatic carbocycles. The van der Waals surface area contributed by atoms with Gasteiger partial charge in [-0.05, 0) is 0 Å². The quantitative estimate of drug-likeness (QED) is 0.649. The van der Waals surface area contributed by atoms with Gasteiger partial charge in [0.25, 0.3) is 0 Å². The molecule has 12 heavy (non-hydrogen) atoms. The highest BCUT2D eigenvalue weighted by Gasteiger charge is 2.22. The molecule has 1 aliphatic rings. The van der Waals surface area contributed by atoms with Crippen LogP contribution in [0.15, 0.2) is 30.3 Å². The Labute approximate surface area is 69.5 Å². The van der Waals surface area contributed by atoms with Crippen molar-refractivity contribution >= 4 is 6.09 Å². The van der Waals surface area contributed by atoms with Gasteiger partial charge in [-0.3, -0.25) is 5.43 Å². The Kier molecular flexibility index (Phi) is 1.68. The van der Waals surface area contributed by atoms with E-state index in [-0.39, 0.29) is 6.23 Å². The van der Waals surface area contributed by atoms with Gasteiger partial charge in [-0.2, -0.15) is 5.43 Å². The van der Waals surface area contributed by atoms with Crippen molar-refractivity contribution in [1.29, 1.82) is 0 Å². The number of hydrazine groups is 1. The Bertz CT molecular complexity index is 286. The van der Waals surface area contributed by atoms with E-state index in [0.717, 1.165) is 5.56 Å². The van der Waals surface area contributed by atoms with Crippen molar-refractivity contribution in [2.24, 2.45) is 0 Å². The first kappa shape index (κ1) is 7.12. The molecule has 0 aliphatic carbocycles. The molecule has 4 nitrogen and oxygen atoms in total. The fourth-order valence-corrected chi connectivity index (χ4v) is 1.07. The van der Waals surface area contributed by atoms with Crippen LogP contribution in [-0.2, 0) is 4.74 Å². The molecule has 1 fully saturated rings. The van der Waals surface area contributed by atoms with E-state index in [9.17, 15) is 4.79 Å². The van der Waals surface area contributed by atoms with E-state index >= 15 is 0 Å². The summed E-state index contributed by atoms with van der Waals surface area (Å²) in [4.78, 5) is 10.6. The predicted octanol–water partition coefficient (Wildman–Crippen LogP) is 0.930. The second-order valence-corrected chi connectivity index (χ2v) is 2.47. The number of ether oxygens (including phenoxy) is 1. The highest BCUT2D eigenvalue weighted by atomic mass is 16.6. The Morgan fingerprint density at radius 1 is 1.25 bits per heavy atom. The minimum absolute atomic E-state index is 0.362. The third-order valence-electron chi connectivity index (χ3n) is 1.63. The van der Waals surface area contributed by atoms with Gasteiger partial charge in [-0.15, -0.1) is 0 Å². The largest absolute Gasteiger partial charge is 0.423 e. The zero-order valence-electron chi connectivity index (χ0n) is 6.28. The first-order valence-corrected chi connectivity index (χ1v) is 3.63. The van der Waals surface area contributed by atoms with Gasteiger partial charge in [0.1, 0.15) is 0 Å². The van der Waals surface area contributed by atoms with E-state index in [1.54, 1.807) is 0 Å². The normalized spacial score (nSPS) is 21.7. The zero-order chi connectivity index (χ0) is 8.39. The number of carbonyl (C=O) groups is 1. The Hall–Kier alpha value is -1.55. The first-order chi connectivity index (χ1) is 5.86. The van der Waals surface area contributed by atoms with Crippen LogP contribution in [0.1, 0.15) is 11.8 Å². The van der Waals surface area contributed by atoms with E-state index in [4.69, 9.17) is 4.74 Å². The van der Waals surface area contributed by atoms with Crippen LogP contribution in [0, 0.1) is 0 Å². The van der Waals surface area contributed by atoms with Crippen LogP contribution in [0.3, 0.4) is 0 Å². The van der Waals surface area contributed by atoms with Gasteiger partial charge in [-0.25, -0.2) is 4.79 Å². The summed E-state index contributed by atoms with van der Waals surface area (Å²) in [7, 11) is 0. The van der Waals surface area contributed by atoms with Crippen LogP contribution in [0.4, 0.5) is 4.79 Å². The first-order valence-electron chi connectivity index (χ1n) is 3.63. The molecule has 0 radical (unpaired) electrons. The zero-order valence-corrected chi connectivity index (χ0v) is 6.28. The molecule has 1 aromatic rings. The molecule has 1 heterocycles. The van der Waals surface area contributed by atoms with Crippen molar-refractivity contribution in [1.82, 2.24) is 10.9 Å². The van der Waals surface area contributed by atoms with E-state index < -0.39 is 6.09 Å². The van der Waals surface area contributed by atoms with Gasteiger partial charge in [-0.1, -0.05) is 30.3 Å². The maximum atomic E-state index is 10.6. The minimum atomic E-state index is -0.441. The van der Waals surface area contributed by atoms with E-state index in [2.05, 4.69) is 10.9 Å². The number of nitrogens with one attached hydrogen (secondary N) is 2. The maximum absolute atomic E-state index is 10.6. The number of carbonyl (C=O) groups excluding carboxylic acids is 1. The van der Waals surface area contributed by atoms with Crippen molar-refractivity contribution in [3.05, 3.63) is 35.9 Å². The molecule has 2 rings (SSSR count). The summed E-state index contributed by atoms with van der Waals surface area (Å²) in [5.41, 5.74) is 5.98. The molecule has 62 valence electrons. The molecule has 0 saturated carbocycles. The van der Waals surface area contributed by atoms with Crippen LogP contribution in [-0.4, -0.2) is 6.09 Å². The summed E-state index contributed by atoms with van der Waals surface area (Å²) in [5.74, 6) is 0. The Morgan fingerprint density at radius 3 is 2.58 bits per heavy atom. The summed E-state index contributed by atoms with van der Waals surface area (Å²) >= 11 is 0. The predicted molar refractivity (Wildman–Crippen MR) is 41.9 cm³/mol. The molecule has 2 N–H and O–H groups in total. The number of rotatable bonds is 1. The molecule has 0 bridgehead atoms. The average Bonchev–Trinajstić information content (AvgIpc) is 2.54. The number of hydrogen-bond acceptors (Lipinski definition) is 3. The fraction of sp³-hybridized carbons (Fsp3) is 0.125. The molecular formula is C8H8N2O2.